The Kier molecular flexibility index (Phi) is 4.32. The van der Waals surface area contributed by atoms with Gasteiger partial charge in [-0.25, -0.2) is 0 Å². The van der Waals surface area contributed by atoms with E-state index in [1.165, 1.54) is 18.2 Å². The molecule has 1 saturated heterocycles. The first kappa shape index (κ1) is 15.9. The molecule has 0 N–H and O–H groups in total. The maximum atomic E-state index is 12.8. The number of thioether (sulfide) groups is 1. The van der Waals surface area contributed by atoms with E-state index in [9.17, 15) is 14.9 Å². The number of nitro groups is 1. The number of non-ortho nitro benzene ring substituents is 1. The van der Waals surface area contributed by atoms with E-state index in [0.717, 1.165) is 11.4 Å². The number of carbonyl (C=O) groups excluding carboxylic acids is 1. The van der Waals surface area contributed by atoms with Crippen molar-refractivity contribution in [1.82, 2.24) is 9.47 Å². The molecule has 120 valence electrons. The molecule has 0 aliphatic carbocycles. The monoisotopic (exact) mass is 351 g/mol. The molecule has 0 bridgehead atoms. The van der Waals surface area contributed by atoms with Crippen LogP contribution < -0.4 is 0 Å². The van der Waals surface area contributed by atoms with Gasteiger partial charge in [0.15, 0.2) is 0 Å². The van der Waals surface area contributed by atoms with Crippen LogP contribution in [0.4, 0.5) is 5.69 Å². The van der Waals surface area contributed by atoms with Crippen LogP contribution in [-0.4, -0.2) is 32.6 Å². The Labute approximate surface area is 142 Å². The first-order valence-corrected chi connectivity index (χ1v) is 8.39. The quantitative estimate of drug-likeness (QED) is 0.627. The summed E-state index contributed by atoms with van der Waals surface area (Å²) >= 11 is 7.78. The van der Waals surface area contributed by atoms with Crippen molar-refractivity contribution in [3.63, 3.8) is 0 Å². The summed E-state index contributed by atoms with van der Waals surface area (Å²) < 4.78 is 1.99. The molecular weight excluding hydrogens is 338 g/mol. The summed E-state index contributed by atoms with van der Waals surface area (Å²) in [4.78, 5) is 24.8. The fraction of sp³-hybridized carbons (Fsp3) is 0.267. The highest BCUT2D eigenvalue weighted by atomic mass is 35.5. The van der Waals surface area contributed by atoms with Crippen LogP contribution in [0.15, 0.2) is 36.5 Å². The topological polar surface area (TPSA) is 68.4 Å². The number of nitrogens with zero attached hydrogens (tertiary/aromatic N) is 3. The predicted molar refractivity (Wildman–Crippen MR) is 89.8 cm³/mol. The zero-order valence-electron chi connectivity index (χ0n) is 12.3. The fourth-order valence-corrected chi connectivity index (χ4v) is 4.18. The summed E-state index contributed by atoms with van der Waals surface area (Å²) in [5.74, 6) is 0.632. The summed E-state index contributed by atoms with van der Waals surface area (Å²) in [6, 6.07) is 7.87. The van der Waals surface area contributed by atoms with Crippen molar-refractivity contribution in [2.24, 2.45) is 7.05 Å². The Hall–Kier alpha value is -1.99. The third-order valence-electron chi connectivity index (χ3n) is 3.78. The highest BCUT2D eigenvalue weighted by Gasteiger charge is 2.33. The zero-order valence-corrected chi connectivity index (χ0v) is 13.9. The van der Waals surface area contributed by atoms with E-state index < -0.39 is 4.92 Å². The number of hydrogen-bond acceptors (Lipinski definition) is 4. The number of aromatic nitrogens is 1. The van der Waals surface area contributed by atoms with E-state index in [-0.39, 0.29) is 22.0 Å². The van der Waals surface area contributed by atoms with E-state index in [2.05, 4.69) is 0 Å². The Morgan fingerprint density at radius 2 is 2.22 bits per heavy atom. The van der Waals surface area contributed by atoms with Gasteiger partial charge in [-0.3, -0.25) is 14.9 Å². The van der Waals surface area contributed by atoms with Crippen LogP contribution in [0.5, 0.6) is 0 Å². The largest absolute Gasteiger partial charge is 0.352 e. The Morgan fingerprint density at radius 3 is 2.83 bits per heavy atom. The molecule has 3 rings (SSSR count). The van der Waals surface area contributed by atoms with E-state index in [1.807, 2.05) is 29.9 Å². The molecule has 23 heavy (non-hydrogen) atoms. The van der Waals surface area contributed by atoms with Gasteiger partial charge in [0.1, 0.15) is 5.37 Å². The van der Waals surface area contributed by atoms with Crippen molar-refractivity contribution in [3.05, 3.63) is 62.9 Å². The molecule has 6 nitrogen and oxygen atoms in total. The van der Waals surface area contributed by atoms with Gasteiger partial charge < -0.3 is 9.47 Å². The normalized spacial score (nSPS) is 17.5. The van der Waals surface area contributed by atoms with Crippen LogP contribution in [0.2, 0.25) is 5.02 Å². The lowest BCUT2D eigenvalue weighted by atomic mass is 10.1. The Morgan fingerprint density at radius 1 is 1.43 bits per heavy atom. The molecule has 1 atom stereocenters. The van der Waals surface area contributed by atoms with Crippen LogP contribution in [0.3, 0.4) is 0 Å². The second-order valence-electron chi connectivity index (χ2n) is 5.19. The smallest absolute Gasteiger partial charge is 0.270 e. The van der Waals surface area contributed by atoms with Gasteiger partial charge in [-0.15, -0.1) is 11.8 Å². The van der Waals surface area contributed by atoms with Gasteiger partial charge in [0.25, 0.3) is 11.6 Å². The van der Waals surface area contributed by atoms with Crippen molar-refractivity contribution in [1.29, 1.82) is 0 Å². The number of carbonyl (C=O) groups is 1. The Balaban J connectivity index is 1.90. The van der Waals surface area contributed by atoms with Crippen molar-refractivity contribution >= 4 is 35.0 Å². The minimum absolute atomic E-state index is 0.0752. The summed E-state index contributed by atoms with van der Waals surface area (Å²) in [5.41, 5.74) is 1.21. The highest BCUT2D eigenvalue weighted by Crippen LogP contribution is 2.39. The van der Waals surface area contributed by atoms with Crippen molar-refractivity contribution in [3.8, 4) is 0 Å². The molecular formula is C15H14ClN3O3S. The van der Waals surface area contributed by atoms with Crippen molar-refractivity contribution < 1.29 is 9.72 Å². The average Bonchev–Trinajstić information content (AvgIpc) is 3.14. The van der Waals surface area contributed by atoms with E-state index in [4.69, 9.17) is 11.6 Å². The average molecular weight is 352 g/mol. The van der Waals surface area contributed by atoms with Crippen LogP contribution in [0.1, 0.15) is 21.4 Å². The number of hydrogen-bond donors (Lipinski definition) is 0. The van der Waals surface area contributed by atoms with Gasteiger partial charge in [-0.05, 0) is 18.2 Å². The summed E-state index contributed by atoms with van der Waals surface area (Å²) in [5, 5.41) is 10.8. The SMILES string of the molecule is Cn1cccc1C1SCCN1C(=O)c1ccc([N+](=O)[O-])cc1Cl. The van der Waals surface area contributed by atoms with Crippen molar-refractivity contribution in [2.75, 3.05) is 12.3 Å². The lowest BCUT2D eigenvalue weighted by Crippen LogP contribution is -2.31. The first-order valence-electron chi connectivity index (χ1n) is 6.97. The molecule has 0 radical (unpaired) electrons. The van der Waals surface area contributed by atoms with Gasteiger partial charge in [0.2, 0.25) is 0 Å². The lowest BCUT2D eigenvalue weighted by molar-refractivity contribution is -0.384. The van der Waals surface area contributed by atoms with Crippen LogP contribution in [-0.2, 0) is 7.05 Å². The maximum Gasteiger partial charge on any atom is 0.270 e. The fourth-order valence-electron chi connectivity index (χ4n) is 2.60. The number of aryl methyl sites for hydroxylation is 1. The van der Waals surface area contributed by atoms with Crippen molar-refractivity contribution in [2.45, 2.75) is 5.37 Å². The third-order valence-corrected chi connectivity index (χ3v) is 5.33. The molecule has 1 aliphatic heterocycles. The molecule has 1 unspecified atom stereocenters. The standard InChI is InChI=1S/C15H14ClN3O3S/c1-17-6-2-3-13(17)15-18(7-8-23-15)14(20)11-5-4-10(19(21)22)9-12(11)16/h2-6,9,15H,7-8H2,1H3. The molecule has 1 aromatic carbocycles. The molecule has 0 saturated carbocycles. The number of benzene rings is 1. The number of nitro benzene ring substituents is 1. The maximum absolute atomic E-state index is 12.8. The van der Waals surface area contributed by atoms with Gasteiger partial charge in [-0.1, -0.05) is 11.6 Å². The summed E-state index contributed by atoms with van der Waals surface area (Å²) in [6.07, 6.45) is 1.94. The minimum atomic E-state index is -0.529. The Bertz CT molecular complexity index is 777. The van der Waals surface area contributed by atoms with E-state index >= 15 is 0 Å². The third kappa shape index (κ3) is 2.94. The molecule has 1 aromatic heterocycles. The first-order chi connectivity index (χ1) is 11.0. The lowest BCUT2D eigenvalue weighted by Gasteiger charge is -2.24. The molecule has 2 aromatic rings. The molecule has 2 heterocycles. The van der Waals surface area contributed by atoms with Crippen LogP contribution >= 0.6 is 23.4 Å². The number of halogens is 1. The predicted octanol–water partition coefficient (Wildman–Crippen LogP) is 3.47. The van der Waals surface area contributed by atoms with Crippen LogP contribution in [0.25, 0.3) is 0 Å². The van der Waals surface area contributed by atoms with Gasteiger partial charge in [0.05, 0.1) is 21.2 Å². The van der Waals surface area contributed by atoms with Crippen LogP contribution in [0, 0.1) is 10.1 Å². The van der Waals surface area contributed by atoms with E-state index in [0.29, 0.717) is 12.1 Å². The van der Waals surface area contributed by atoms with E-state index in [1.54, 1.807) is 16.7 Å². The minimum Gasteiger partial charge on any atom is -0.352 e. The summed E-state index contributed by atoms with van der Waals surface area (Å²) in [7, 11) is 1.94. The zero-order chi connectivity index (χ0) is 16.6. The second-order valence-corrected chi connectivity index (χ2v) is 6.78. The highest BCUT2D eigenvalue weighted by molar-refractivity contribution is 7.99. The molecule has 1 fully saturated rings. The number of amides is 1. The van der Waals surface area contributed by atoms with Gasteiger partial charge in [0, 0.05) is 37.7 Å². The van der Waals surface area contributed by atoms with Gasteiger partial charge in [-0.2, -0.15) is 0 Å². The summed E-state index contributed by atoms with van der Waals surface area (Å²) in [6.45, 7) is 0.618. The molecule has 0 spiro atoms. The number of rotatable bonds is 3. The second kappa shape index (κ2) is 6.25. The molecule has 8 heteroatoms. The molecule has 1 aliphatic rings. The molecule has 1 amide bonds. The van der Waals surface area contributed by atoms with Gasteiger partial charge >= 0.3 is 0 Å².